The van der Waals surface area contributed by atoms with E-state index in [9.17, 15) is 4.79 Å². The Morgan fingerprint density at radius 1 is 1.41 bits per heavy atom. The Balaban J connectivity index is 2.26. The van der Waals surface area contributed by atoms with E-state index in [2.05, 4.69) is 12.2 Å². The Kier molecular flexibility index (Phi) is 6.34. The molecule has 0 aromatic carbocycles. The minimum atomic E-state index is -0.338. The van der Waals surface area contributed by atoms with Gasteiger partial charge in [0.25, 0.3) is 0 Å². The van der Waals surface area contributed by atoms with Crippen LogP contribution in [0.15, 0.2) is 0 Å². The van der Waals surface area contributed by atoms with Crippen molar-refractivity contribution < 1.29 is 4.79 Å². The lowest BCUT2D eigenvalue weighted by atomic mass is 9.76. The molecule has 0 heterocycles. The summed E-state index contributed by atoms with van der Waals surface area (Å²) in [5.74, 6) is 0.970. The molecular formula is C13H26N2OS. The third-order valence-electron chi connectivity index (χ3n) is 3.72. The summed E-state index contributed by atoms with van der Waals surface area (Å²) in [5, 5.41) is 3.03. The Bertz CT molecular complexity index is 240. The minimum Gasteiger partial charge on any atom is -0.354 e. The van der Waals surface area contributed by atoms with Crippen molar-refractivity contribution in [1.82, 2.24) is 5.32 Å². The molecule has 1 saturated carbocycles. The minimum absolute atomic E-state index is 0.0193. The SMILES string of the molecule is CSCC[C@H](N)C(=O)NCC1(C)CCCCC1. The molecule has 0 aromatic heterocycles. The average Bonchev–Trinajstić information content (AvgIpc) is 2.34. The molecule has 1 atom stereocenters. The first kappa shape index (κ1) is 14.8. The van der Waals surface area contributed by atoms with Crippen LogP contribution in [0.25, 0.3) is 0 Å². The molecule has 1 aliphatic rings. The molecule has 0 aromatic rings. The number of hydrogen-bond donors (Lipinski definition) is 2. The maximum Gasteiger partial charge on any atom is 0.236 e. The van der Waals surface area contributed by atoms with Crippen LogP contribution in [0.2, 0.25) is 0 Å². The molecule has 3 nitrogen and oxygen atoms in total. The van der Waals surface area contributed by atoms with E-state index in [0.29, 0.717) is 5.41 Å². The van der Waals surface area contributed by atoms with Crippen LogP contribution in [0.4, 0.5) is 0 Å². The van der Waals surface area contributed by atoms with Crippen LogP contribution >= 0.6 is 11.8 Å². The number of thioether (sulfide) groups is 1. The molecule has 1 amide bonds. The fourth-order valence-electron chi connectivity index (χ4n) is 2.39. The normalized spacial score (nSPS) is 20.9. The van der Waals surface area contributed by atoms with E-state index < -0.39 is 0 Å². The molecule has 0 radical (unpaired) electrons. The third kappa shape index (κ3) is 5.30. The summed E-state index contributed by atoms with van der Waals surface area (Å²) in [5.41, 5.74) is 6.14. The van der Waals surface area contributed by atoms with Crippen LogP contribution < -0.4 is 11.1 Å². The number of hydrogen-bond acceptors (Lipinski definition) is 3. The smallest absolute Gasteiger partial charge is 0.236 e. The largest absolute Gasteiger partial charge is 0.354 e. The summed E-state index contributed by atoms with van der Waals surface area (Å²) in [7, 11) is 0. The van der Waals surface area contributed by atoms with Crippen molar-refractivity contribution in [2.75, 3.05) is 18.6 Å². The molecule has 0 spiro atoms. The van der Waals surface area contributed by atoms with E-state index in [4.69, 9.17) is 5.73 Å². The van der Waals surface area contributed by atoms with Crippen molar-refractivity contribution in [3.8, 4) is 0 Å². The number of nitrogens with one attached hydrogen (secondary N) is 1. The van der Waals surface area contributed by atoms with Crippen molar-refractivity contribution in [1.29, 1.82) is 0 Å². The predicted octanol–water partition coefficient (Wildman–Crippen LogP) is 2.15. The molecular weight excluding hydrogens is 232 g/mol. The van der Waals surface area contributed by atoms with Gasteiger partial charge in [-0.1, -0.05) is 26.2 Å². The van der Waals surface area contributed by atoms with Gasteiger partial charge in [-0.25, -0.2) is 0 Å². The lowest BCUT2D eigenvalue weighted by molar-refractivity contribution is -0.123. The highest BCUT2D eigenvalue weighted by Gasteiger charge is 2.27. The van der Waals surface area contributed by atoms with Crippen molar-refractivity contribution in [3.63, 3.8) is 0 Å². The highest BCUT2D eigenvalue weighted by Crippen LogP contribution is 2.34. The highest BCUT2D eigenvalue weighted by molar-refractivity contribution is 7.98. The van der Waals surface area contributed by atoms with Crippen molar-refractivity contribution in [2.45, 2.75) is 51.5 Å². The van der Waals surface area contributed by atoms with Gasteiger partial charge in [-0.3, -0.25) is 4.79 Å². The monoisotopic (exact) mass is 258 g/mol. The maximum absolute atomic E-state index is 11.8. The van der Waals surface area contributed by atoms with E-state index in [0.717, 1.165) is 18.7 Å². The van der Waals surface area contributed by atoms with Gasteiger partial charge in [0.05, 0.1) is 6.04 Å². The van der Waals surface area contributed by atoms with Crippen molar-refractivity contribution >= 4 is 17.7 Å². The Hall–Kier alpha value is -0.220. The van der Waals surface area contributed by atoms with Gasteiger partial charge in [0, 0.05) is 6.54 Å². The van der Waals surface area contributed by atoms with Gasteiger partial charge in [-0.05, 0) is 36.7 Å². The lowest BCUT2D eigenvalue weighted by Gasteiger charge is -2.34. The Labute approximate surface area is 109 Å². The standard InChI is InChI=1S/C13H26N2OS/c1-13(7-4-3-5-8-13)10-15-12(16)11(14)6-9-17-2/h11H,3-10,14H2,1-2H3,(H,15,16)/t11-/m0/s1. The van der Waals surface area contributed by atoms with E-state index in [1.54, 1.807) is 11.8 Å². The lowest BCUT2D eigenvalue weighted by Crippen LogP contribution is -2.45. The zero-order valence-electron chi connectivity index (χ0n) is 11.1. The van der Waals surface area contributed by atoms with Crippen LogP contribution in [-0.4, -0.2) is 30.5 Å². The van der Waals surface area contributed by atoms with Gasteiger partial charge in [0.15, 0.2) is 0 Å². The summed E-state index contributed by atoms with van der Waals surface area (Å²) in [6.07, 6.45) is 9.20. The molecule has 0 bridgehead atoms. The number of amides is 1. The number of nitrogens with two attached hydrogens (primary N) is 1. The maximum atomic E-state index is 11.8. The fraction of sp³-hybridized carbons (Fsp3) is 0.923. The van der Waals surface area contributed by atoms with Gasteiger partial charge in [-0.15, -0.1) is 0 Å². The van der Waals surface area contributed by atoms with E-state index >= 15 is 0 Å². The van der Waals surface area contributed by atoms with Gasteiger partial charge >= 0.3 is 0 Å². The van der Waals surface area contributed by atoms with E-state index in [1.807, 2.05) is 6.26 Å². The van der Waals surface area contributed by atoms with Gasteiger partial charge in [-0.2, -0.15) is 11.8 Å². The molecule has 0 aliphatic heterocycles. The van der Waals surface area contributed by atoms with Gasteiger partial charge in [0.1, 0.15) is 0 Å². The van der Waals surface area contributed by atoms with Gasteiger partial charge < -0.3 is 11.1 Å². The predicted molar refractivity (Wildman–Crippen MR) is 75.2 cm³/mol. The Morgan fingerprint density at radius 2 is 2.06 bits per heavy atom. The van der Waals surface area contributed by atoms with Crippen molar-refractivity contribution in [3.05, 3.63) is 0 Å². The zero-order valence-corrected chi connectivity index (χ0v) is 11.9. The molecule has 1 fully saturated rings. The Morgan fingerprint density at radius 3 is 2.65 bits per heavy atom. The van der Waals surface area contributed by atoms with Crippen LogP contribution in [0.5, 0.6) is 0 Å². The quantitative estimate of drug-likeness (QED) is 0.767. The summed E-state index contributed by atoms with van der Waals surface area (Å²) in [4.78, 5) is 11.8. The molecule has 1 rings (SSSR count). The van der Waals surface area contributed by atoms with Crippen LogP contribution in [0.3, 0.4) is 0 Å². The first-order valence-corrected chi connectivity index (χ1v) is 7.99. The number of carbonyl (C=O) groups is 1. The summed E-state index contributed by atoms with van der Waals surface area (Å²) >= 11 is 1.73. The molecule has 4 heteroatoms. The summed E-state index contributed by atoms with van der Waals surface area (Å²) in [6.45, 7) is 3.07. The summed E-state index contributed by atoms with van der Waals surface area (Å²) in [6, 6.07) is -0.338. The highest BCUT2D eigenvalue weighted by atomic mass is 32.2. The first-order chi connectivity index (χ1) is 8.07. The van der Waals surface area contributed by atoms with Crippen molar-refractivity contribution in [2.24, 2.45) is 11.1 Å². The second-order valence-corrected chi connectivity index (χ2v) is 6.46. The van der Waals surface area contributed by atoms with Gasteiger partial charge in [0.2, 0.25) is 5.91 Å². The van der Waals surface area contributed by atoms with Crippen LogP contribution in [0.1, 0.15) is 45.4 Å². The molecule has 3 N–H and O–H groups in total. The average molecular weight is 258 g/mol. The number of rotatable bonds is 6. The fourth-order valence-corrected chi connectivity index (χ4v) is 2.88. The summed E-state index contributed by atoms with van der Waals surface area (Å²) < 4.78 is 0. The first-order valence-electron chi connectivity index (χ1n) is 6.60. The number of carbonyl (C=O) groups excluding carboxylic acids is 1. The molecule has 0 saturated heterocycles. The molecule has 17 heavy (non-hydrogen) atoms. The third-order valence-corrected chi connectivity index (χ3v) is 4.36. The molecule has 100 valence electrons. The van der Waals surface area contributed by atoms with E-state index in [1.165, 1.54) is 32.1 Å². The molecule has 1 aliphatic carbocycles. The zero-order chi connectivity index (χ0) is 12.7. The molecule has 0 unspecified atom stereocenters. The second-order valence-electron chi connectivity index (χ2n) is 5.48. The second kappa shape index (κ2) is 7.27. The topological polar surface area (TPSA) is 55.1 Å². The van der Waals surface area contributed by atoms with Crippen LogP contribution in [0, 0.1) is 5.41 Å². The van der Waals surface area contributed by atoms with Crippen LogP contribution in [-0.2, 0) is 4.79 Å². The van der Waals surface area contributed by atoms with E-state index in [-0.39, 0.29) is 11.9 Å².